The number of hydrogen-bond acceptors (Lipinski definition) is 20. The quantitative estimate of drug-likeness (QED) is 0.0357. The number of carbonyl (C=O) groups is 4. The van der Waals surface area contributed by atoms with E-state index in [4.69, 9.17) is 6.42 Å². The number of aromatic amines is 4. The summed E-state index contributed by atoms with van der Waals surface area (Å²) in [5.41, 5.74) is 15.9. The molecule has 0 bridgehead atoms. The Hall–Kier alpha value is -12.2. The number of aliphatic hydroxyl groups is 2. The first-order chi connectivity index (χ1) is 55.4. The minimum atomic E-state index is -0.218. The molecule has 8 atom stereocenters. The Bertz CT molecular complexity index is 5200. The van der Waals surface area contributed by atoms with Crippen LogP contribution in [0.15, 0.2) is 141 Å². The monoisotopic (exact) mass is 1540 g/mol. The summed E-state index contributed by atoms with van der Waals surface area (Å²) < 4.78 is 0. The van der Waals surface area contributed by atoms with E-state index in [1.165, 1.54) is 6.33 Å². The van der Waals surface area contributed by atoms with E-state index in [1.54, 1.807) is 30.9 Å². The average molecular weight is 1540 g/mol. The average Bonchev–Trinajstić information content (AvgIpc) is 1.52. The molecule has 4 fully saturated rings. The number of nitrogens with one attached hydrogen (secondary N) is 8. The highest BCUT2D eigenvalue weighted by Gasteiger charge is 2.34. The van der Waals surface area contributed by atoms with E-state index in [1.807, 2.05) is 138 Å². The molecule has 0 spiro atoms. The number of H-pyrrole nitrogens is 4. The van der Waals surface area contributed by atoms with Gasteiger partial charge in [-0.15, -0.1) is 6.42 Å². The maximum Gasteiger partial charge on any atom is 0.234 e. The Labute approximate surface area is 663 Å². The molecule has 12 aromatic rings. The molecule has 10 N–H and O–H groups in total. The van der Waals surface area contributed by atoms with Gasteiger partial charge in [-0.25, -0.2) is 39.9 Å². The fourth-order valence-electron chi connectivity index (χ4n) is 16.2. The van der Waals surface area contributed by atoms with E-state index in [-0.39, 0.29) is 67.4 Å². The van der Waals surface area contributed by atoms with E-state index in [0.29, 0.717) is 74.1 Å². The van der Waals surface area contributed by atoms with Crippen molar-refractivity contribution in [2.24, 2.45) is 23.7 Å². The molecule has 114 heavy (non-hydrogen) atoms. The number of amides is 4. The van der Waals surface area contributed by atoms with Crippen LogP contribution in [0, 0.1) is 42.9 Å². The summed E-state index contributed by atoms with van der Waals surface area (Å²) in [4.78, 5) is 114. The van der Waals surface area contributed by atoms with Crippen molar-refractivity contribution in [3.8, 4) is 57.4 Å². The molecule has 4 amide bonds. The molecule has 16 heterocycles. The minimum Gasteiger partial charge on any atom is -0.392 e. The molecule has 592 valence electrons. The van der Waals surface area contributed by atoms with E-state index < -0.39 is 0 Å². The topological polar surface area (TPSA) is 362 Å². The summed E-state index contributed by atoms with van der Waals surface area (Å²) in [6.07, 6.45) is 34.3. The Morgan fingerprint density at radius 3 is 1.18 bits per heavy atom. The zero-order chi connectivity index (χ0) is 79.9. The third-order valence-electron chi connectivity index (χ3n) is 21.4. The number of hydrogen-bond donors (Lipinski definition) is 10. The summed E-state index contributed by atoms with van der Waals surface area (Å²) >= 11 is 0. The van der Waals surface area contributed by atoms with Crippen LogP contribution in [0.1, 0.15) is 117 Å². The Morgan fingerprint density at radius 2 is 0.807 bits per heavy atom. The van der Waals surface area contributed by atoms with Crippen LogP contribution in [-0.4, -0.2) is 200 Å². The van der Waals surface area contributed by atoms with E-state index >= 15 is 0 Å². The van der Waals surface area contributed by atoms with Gasteiger partial charge >= 0.3 is 0 Å². The molecule has 0 radical (unpaired) electrons. The summed E-state index contributed by atoms with van der Waals surface area (Å²) in [5.74, 6) is 5.15. The molecule has 4 aliphatic rings. The normalized spacial score (nSPS) is 19.5. The number of aryl methyl sites for hydroxylation is 1. The van der Waals surface area contributed by atoms with Crippen molar-refractivity contribution < 1.29 is 29.4 Å². The van der Waals surface area contributed by atoms with Crippen molar-refractivity contribution in [3.63, 3.8) is 0 Å². The molecule has 0 aliphatic carbocycles. The van der Waals surface area contributed by atoms with Crippen LogP contribution in [0.3, 0.4) is 0 Å². The Kier molecular flexibility index (Phi) is 25.9. The number of piperidine rings is 4. The van der Waals surface area contributed by atoms with Crippen LogP contribution in [0.2, 0.25) is 0 Å². The van der Waals surface area contributed by atoms with Crippen molar-refractivity contribution in [2.75, 3.05) is 73.6 Å². The van der Waals surface area contributed by atoms with Crippen LogP contribution < -0.4 is 21.3 Å². The lowest BCUT2D eigenvalue weighted by molar-refractivity contribution is -0.133. The largest absolute Gasteiger partial charge is 0.392 e. The molecule has 4 saturated heterocycles. The van der Waals surface area contributed by atoms with Gasteiger partial charge in [0.25, 0.3) is 0 Å². The first-order valence-electron chi connectivity index (χ1n) is 39.5. The van der Waals surface area contributed by atoms with Crippen molar-refractivity contribution in [1.82, 2.24) is 89.4 Å². The molecule has 4 aliphatic heterocycles. The number of aliphatic hydroxyl groups excluding tert-OH is 2. The highest BCUT2D eigenvalue weighted by atomic mass is 16.3. The van der Waals surface area contributed by atoms with Gasteiger partial charge in [0.1, 0.15) is 35.5 Å². The van der Waals surface area contributed by atoms with E-state index in [0.717, 1.165) is 176 Å². The molecule has 0 saturated carbocycles. The number of fused-ring (bicyclic) bond motifs is 4. The lowest BCUT2D eigenvalue weighted by atomic mass is 9.94. The smallest absolute Gasteiger partial charge is 0.234 e. The van der Waals surface area contributed by atoms with Gasteiger partial charge in [-0.05, 0) is 128 Å². The van der Waals surface area contributed by atoms with Crippen molar-refractivity contribution in [1.29, 1.82) is 0 Å². The van der Waals surface area contributed by atoms with Gasteiger partial charge in [-0.2, -0.15) is 0 Å². The molecule has 28 nitrogen and oxygen atoms in total. The van der Waals surface area contributed by atoms with Gasteiger partial charge in [-0.3, -0.25) is 29.1 Å². The number of nitrogens with zero attached hydrogens (tertiary/aromatic N) is 14. The van der Waals surface area contributed by atoms with Gasteiger partial charge in [-0.1, -0.05) is 54.4 Å². The van der Waals surface area contributed by atoms with Gasteiger partial charge in [0.15, 0.2) is 5.82 Å². The Balaban J connectivity index is 0.000000133. The fraction of sp³-hybridized carbons (Fsp3) is 0.395. The third-order valence-corrected chi connectivity index (χ3v) is 21.4. The van der Waals surface area contributed by atoms with Crippen LogP contribution in [0.5, 0.6) is 0 Å². The number of terminal acetylenes is 1. The zero-order valence-electron chi connectivity index (χ0n) is 66.0. The third kappa shape index (κ3) is 18.9. The summed E-state index contributed by atoms with van der Waals surface area (Å²) in [5, 5.41) is 37.7. The van der Waals surface area contributed by atoms with Crippen LogP contribution in [-0.2, 0) is 32.4 Å². The van der Waals surface area contributed by atoms with Crippen LogP contribution in [0.25, 0.3) is 89.2 Å². The van der Waals surface area contributed by atoms with Crippen molar-refractivity contribution >= 4 is 90.5 Å². The van der Waals surface area contributed by atoms with Gasteiger partial charge in [0.05, 0.1) is 58.6 Å². The summed E-state index contributed by atoms with van der Waals surface area (Å²) in [7, 11) is 0. The summed E-state index contributed by atoms with van der Waals surface area (Å²) in [6.45, 7) is 22.2. The zero-order valence-corrected chi connectivity index (χ0v) is 66.0. The second-order valence-corrected chi connectivity index (χ2v) is 30.5. The standard InChI is InChI=1S/C22H27N5O2.C22H27N5O.C21H26N6O2.C21H22N6O/c1-3-20(29)27-11-14(2)8-16(12-27)26-21-17-5-7-24-22(17)25-10-18(21)19-9-15(13-28)4-6-23-19;1-4-20(28)27-12-15(3)9-16(13-27)26-21-17-6-8-24-22(17)25-11-18(21)19-10-14(2)5-7-23-19;1-3-19(29)27-10-13(2)8-14(11-27)25-20-15-4-6-23-21(15)24-9-16(20)17-5-7-22-18(12-28)26-17;1-3-4-19(28)27-11-14(2)9-15(12-27)26-20-16-5-8-23-21(16)24-10-17(20)18-6-7-22-13-25-18/h4-7,9-10,14,16,28H,3,8,11-13H2,1-2H3,(H2,24,25,26);5-8,10-11,15-16H,4,9,12-13H2,1-3H3,(H2,24,25,26);4-7,9,13-14,28H,3,8,10-12H2,1-2H3,(H2,23,24,25);1,5-8,10,13-15H,4,9,11-12H2,2H3,(H2,23,24,26)/t14-,16+;15-,16+;13-,14+;14-,15+/m0000/s1. The van der Waals surface area contributed by atoms with Gasteiger partial charge in [0.2, 0.25) is 23.6 Å². The molecule has 0 aromatic carbocycles. The van der Waals surface area contributed by atoms with Crippen LogP contribution >= 0.6 is 0 Å². The van der Waals surface area contributed by atoms with Gasteiger partial charge in [0, 0.05) is 214 Å². The number of likely N-dealkylation sites (tertiary alicyclic amines) is 4. The number of carbonyl (C=O) groups excluding carboxylic acids is 4. The van der Waals surface area contributed by atoms with Crippen molar-refractivity contribution in [2.45, 2.75) is 144 Å². The lowest BCUT2D eigenvalue weighted by Crippen LogP contribution is -2.48. The number of rotatable bonds is 18. The summed E-state index contributed by atoms with van der Waals surface area (Å²) in [6, 6.07) is 20.1. The SMILES string of the molecule is C#CCC(=O)N1C[C@@H](C)C[C@@H](Nc2c(-c3ccncn3)cnc3[nH]ccc23)C1.CCC(=O)N1C[C@@H](C)C[C@@H](Nc2c(-c3cc(C)ccn3)cnc3[nH]ccc23)C1.CCC(=O)N1C[C@@H](C)C[C@@H](Nc2c(-c3cc(CO)ccn3)cnc3[nH]ccc23)C1.CCC(=O)N1C[C@@H](C)C[C@@H](Nc2c(-c3ccnc(CO)n3)cnc3[nH]ccc23)C1. The van der Waals surface area contributed by atoms with Crippen molar-refractivity contribution in [3.05, 3.63) is 158 Å². The second kappa shape index (κ2) is 37.0. The maximum atomic E-state index is 12.3. The number of aromatic nitrogens is 14. The fourth-order valence-corrected chi connectivity index (χ4v) is 16.2. The lowest BCUT2D eigenvalue weighted by Gasteiger charge is -2.37. The molecular weight excluding hydrogens is 1440 g/mol. The first-order valence-corrected chi connectivity index (χ1v) is 39.5. The second-order valence-electron chi connectivity index (χ2n) is 30.5. The van der Waals surface area contributed by atoms with E-state index in [2.05, 4.69) is 138 Å². The molecule has 0 unspecified atom stereocenters. The molecule has 28 heteroatoms. The highest BCUT2D eigenvalue weighted by Crippen LogP contribution is 2.40. The molecule has 12 aromatic heterocycles. The number of anilines is 4. The highest BCUT2D eigenvalue weighted by molar-refractivity contribution is 6.01. The Morgan fingerprint density at radius 1 is 0.439 bits per heavy atom. The van der Waals surface area contributed by atoms with E-state index in [9.17, 15) is 29.4 Å². The first kappa shape index (κ1) is 79.9. The van der Waals surface area contributed by atoms with Crippen LogP contribution in [0.4, 0.5) is 22.7 Å². The molecule has 16 rings (SSSR count). The predicted octanol–water partition coefficient (Wildman–Crippen LogP) is 12.4. The maximum absolute atomic E-state index is 12.3. The number of pyridine rings is 6. The van der Waals surface area contributed by atoms with Gasteiger partial charge < -0.3 is 71.0 Å². The predicted molar refractivity (Wildman–Crippen MR) is 445 cm³/mol. The molecular formula is C86H102N22O6. The minimum absolute atomic E-state index is 0.0124.